The molecule has 0 aromatic heterocycles. The van der Waals surface area contributed by atoms with Crippen LogP contribution >= 0.6 is 0 Å². The van der Waals surface area contributed by atoms with Gasteiger partial charge in [0.1, 0.15) is 0 Å². The maximum absolute atomic E-state index is 12.7. The zero-order valence-electron chi connectivity index (χ0n) is 16.8. The highest BCUT2D eigenvalue weighted by molar-refractivity contribution is 7.89. The highest BCUT2D eigenvalue weighted by atomic mass is 32.2. The van der Waals surface area contributed by atoms with Gasteiger partial charge in [-0.3, -0.25) is 0 Å². The summed E-state index contributed by atoms with van der Waals surface area (Å²) in [6, 6.07) is 21.3. The summed E-state index contributed by atoms with van der Waals surface area (Å²) in [5.41, 5.74) is 7.87. The van der Waals surface area contributed by atoms with E-state index in [1.807, 2.05) is 24.3 Å². The quantitative estimate of drug-likeness (QED) is 0.351. The predicted molar refractivity (Wildman–Crippen MR) is 120 cm³/mol. The molecule has 0 bridgehead atoms. The Labute approximate surface area is 173 Å². The lowest BCUT2D eigenvalue weighted by molar-refractivity contribution is 0.521. The van der Waals surface area contributed by atoms with E-state index in [1.54, 1.807) is 18.2 Å². The summed E-state index contributed by atoms with van der Waals surface area (Å²) in [7, 11) is -3.57. The molecular formula is C23H29N3O2S. The Bertz CT molecular complexity index is 1040. The Kier molecular flexibility index (Phi) is 7.25. The second kappa shape index (κ2) is 9.87. The van der Waals surface area contributed by atoms with Gasteiger partial charge in [0.15, 0.2) is 0 Å². The van der Waals surface area contributed by atoms with Gasteiger partial charge in [-0.15, -0.1) is 0 Å². The second-order valence-electron chi connectivity index (χ2n) is 7.35. The van der Waals surface area contributed by atoms with E-state index in [9.17, 15) is 8.42 Å². The lowest BCUT2D eigenvalue weighted by Gasteiger charge is -2.14. The molecule has 0 amide bonds. The fraction of sp³-hybridized carbons (Fsp3) is 0.304. The highest BCUT2D eigenvalue weighted by Crippen LogP contribution is 2.27. The molecule has 0 aliphatic carbocycles. The molecule has 0 saturated carbocycles. The minimum Gasteiger partial charge on any atom is -0.398 e. The van der Waals surface area contributed by atoms with Gasteiger partial charge < -0.3 is 11.1 Å². The van der Waals surface area contributed by atoms with E-state index in [2.05, 4.69) is 41.2 Å². The number of hydrogen-bond donors (Lipinski definition) is 3. The number of nitrogens with two attached hydrogens (primary N) is 1. The number of unbranched alkanes of at least 4 members (excludes halogenated alkanes) is 1. The van der Waals surface area contributed by atoms with E-state index >= 15 is 0 Å². The molecule has 0 radical (unpaired) electrons. The Morgan fingerprint density at radius 1 is 0.862 bits per heavy atom. The average molecular weight is 412 g/mol. The molecule has 0 saturated heterocycles. The van der Waals surface area contributed by atoms with Crippen LogP contribution in [0.1, 0.15) is 25.3 Å². The molecule has 3 rings (SSSR count). The summed E-state index contributed by atoms with van der Waals surface area (Å²) >= 11 is 0. The number of fused-ring (bicyclic) bond motifs is 1. The molecule has 1 atom stereocenters. The third-order valence-electron chi connectivity index (χ3n) is 4.98. The fourth-order valence-corrected chi connectivity index (χ4v) is 4.73. The number of rotatable bonds is 10. The van der Waals surface area contributed by atoms with Crippen LogP contribution in [0.15, 0.2) is 71.6 Å². The highest BCUT2D eigenvalue weighted by Gasteiger charge is 2.17. The zero-order valence-corrected chi connectivity index (χ0v) is 17.6. The summed E-state index contributed by atoms with van der Waals surface area (Å²) < 4.78 is 28.2. The first kappa shape index (κ1) is 21.3. The largest absolute Gasteiger partial charge is 0.398 e. The number of hydrogen-bond acceptors (Lipinski definition) is 4. The molecule has 6 heteroatoms. The average Bonchev–Trinajstić information content (AvgIpc) is 2.71. The van der Waals surface area contributed by atoms with E-state index in [4.69, 9.17) is 5.73 Å². The van der Waals surface area contributed by atoms with Crippen molar-refractivity contribution >= 4 is 26.5 Å². The summed E-state index contributed by atoms with van der Waals surface area (Å²) in [6.45, 7) is 3.44. The van der Waals surface area contributed by atoms with Gasteiger partial charge >= 0.3 is 0 Å². The zero-order chi connectivity index (χ0) is 20.7. The van der Waals surface area contributed by atoms with Gasteiger partial charge in [0.25, 0.3) is 0 Å². The SMILES string of the molecule is CC(Cc1ccccc1)NCCCCNS(=O)(=O)c1ccc(N)c2ccccc12. The Balaban J connectivity index is 1.45. The van der Waals surface area contributed by atoms with E-state index in [1.165, 1.54) is 5.56 Å². The van der Waals surface area contributed by atoms with Crippen molar-refractivity contribution in [3.63, 3.8) is 0 Å². The van der Waals surface area contributed by atoms with Crippen molar-refractivity contribution in [2.45, 2.75) is 37.1 Å². The van der Waals surface area contributed by atoms with Crippen molar-refractivity contribution in [3.8, 4) is 0 Å². The summed E-state index contributed by atoms with van der Waals surface area (Å²) in [6.07, 6.45) is 2.67. The Hall–Kier alpha value is -2.41. The molecule has 0 aliphatic rings. The first-order chi connectivity index (χ1) is 14.0. The molecule has 4 N–H and O–H groups in total. The normalized spacial score (nSPS) is 12.9. The molecule has 3 aromatic rings. The first-order valence-corrected chi connectivity index (χ1v) is 11.5. The van der Waals surface area contributed by atoms with Crippen LogP contribution in [0.2, 0.25) is 0 Å². The number of benzene rings is 3. The van der Waals surface area contributed by atoms with E-state index in [0.29, 0.717) is 23.7 Å². The van der Waals surface area contributed by atoms with Crippen LogP contribution in [0.3, 0.4) is 0 Å². The van der Waals surface area contributed by atoms with Gasteiger partial charge in [0.05, 0.1) is 4.90 Å². The monoisotopic (exact) mass is 411 g/mol. The van der Waals surface area contributed by atoms with Crippen molar-refractivity contribution in [1.29, 1.82) is 0 Å². The Morgan fingerprint density at radius 2 is 1.52 bits per heavy atom. The molecule has 0 spiro atoms. The second-order valence-corrected chi connectivity index (χ2v) is 9.08. The maximum atomic E-state index is 12.7. The molecule has 154 valence electrons. The minimum absolute atomic E-state index is 0.275. The van der Waals surface area contributed by atoms with Gasteiger partial charge in [0.2, 0.25) is 10.0 Å². The van der Waals surface area contributed by atoms with Crippen molar-refractivity contribution in [2.75, 3.05) is 18.8 Å². The van der Waals surface area contributed by atoms with Crippen LogP contribution in [-0.2, 0) is 16.4 Å². The van der Waals surface area contributed by atoms with Crippen molar-refractivity contribution in [2.24, 2.45) is 0 Å². The van der Waals surface area contributed by atoms with Crippen LogP contribution in [0, 0.1) is 0 Å². The molecule has 29 heavy (non-hydrogen) atoms. The smallest absolute Gasteiger partial charge is 0.241 e. The third kappa shape index (κ3) is 5.79. The topological polar surface area (TPSA) is 84.2 Å². The third-order valence-corrected chi connectivity index (χ3v) is 6.50. The number of nitrogen functional groups attached to an aromatic ring is 1. The Morgan fingerprint density at radius 3 is 2.28 bits per heavy atom. The van der Waals surface area contributed by atoms with Crippen LogP contribution in [0.4, 0.5) is 5.69 Å². The van der Waals surface area contributed by atoms with E-state index < -0.39 is 10.0 Å². The number of anilines is 1. The van der Waals surface area contributed by atoms with Crippen molar-refractivity contribution in [3.05, 3.63) is 72.3 Å². The van der Waals surface area contributed by atoms with Gasteiger partial charge in [-0.2, -0.15) is 0 Å². The van der Waals surface area contributed by atoms with Crippen LogP contribution in [-0.4, -0.2) is 27.5 Å². The van der Waals surface area contributed by atoms with Gasteiger partial charge in [-0.1, -0.05) is 54.6 Å². The molecule has 1 unspecified atom stereocenters. The van der Waals surface area contributed by atoms with Gasteiger partial charge in [-0.25, -0.2) is 13.1 Å². The fourth-order valence-electron chi connectivity index (χ4n) is 3.45. The van der Waals surface area contributed by atoms with Crippen LogP contribution in [0.25, 0.3) is 10.8 Å². The van der Waals surface area contributed by atoms with E-state index in [-0.39, 0.29) is 4.90 Å². The maximum Gasteiger partial charge on any atom is 0.241 e. The van der Waals surface area contributed by atoms with Gasteiger partial charge in [-0.05, 0) is 50.4 Å². The molecule has 5 nitrogen and oxygen atoms in total. The summed E-state index contributed by atoms with van der Waals surface area (Å²) in [4.78, 5) is 0.275. The summed E-state index contributed by atoms with van der Waals surface area (Å²) in [5.74, 6) is 0. The number of sulfonamides is 1. The van der Waals surface area contributed by atoms with Crippen LogP contribution in [0.5, 0.6) is 0 Å². The minimum atomic E-state index is -3.57. The van der Waals surface area contributed by atoms with Gasteiger partial charge in [0, 0.05) is 29.0 Å². The van der Waals surface area contributed by atoms with Crippen molar-refractivity contribution < 1.29 is 8.42 Å². The molecule has 3 aromatic carbocycles. The molecule has 0 aliphatic heterocycles. The lowest BCUT2D eigenvalue weighted by atomic mass is 10.1. The predicted octanol–water partition coefficient (Wildman–Crippen LogP) is 3.70. The molecule has 0 fully saturated rings. The van der Waals surface area contributed by atoms with Crippen LogP contribution < -0.4 is 15.8 Å². The molecular weight excluding hydrogens is 382 g/mol. The van der Waals surface area contributed by atoms with Crippen molar-refractivity contribution in [1.82, 2.24) is 10.0 Å². The first-order valence-electron chi connectivity index (χ1n) is 10.0. The number of nitrogens with one attached hydrogen (secondary N) is 2. The summed E-state index contributed by atoms with van der Waals surface area (Å²) in [5, 5.41) is 4.91. The standard InChI is InChI=1S/C23H29N3O2S/c1-18(17-19-9-3-2-4-10-19)25-15-7-8-16-26-29(27,28)23-14-13-22(24)20-11-5-6-12-21(20)23/h2-6,9-14,18,25-26H,7-8,15-17,24H2,1H3. The molecule has 0 heterocycles. The lowest BCUT2D eigenvalue weighted by Crippen LogP contribution is -2.30. The van der Waals surface area contributed by atoms with E-state index in [0.717, 1.165) is 31.2 Å².